The zero-order valence-electron chi connectivity index (χ0n) is 15.6. The van der Waals surface area contributed by atoms with E-state index in [1.165, 1.54) is 23.5 Å². The molecule has 0 bridgehead atoms. The molecular weight excluding hydrogens is 492 g/mol. The lowest BCUT2D eigenvalue weighted by atomic mass is 10.1. The summed E-state index contributed by atoms with van der Waals surface area (Å²) < 4.78 is 78.2. The molecule has 0 fully saturated rings. The Morgan fingerprint density at radius 1 is 1.09 bits per heavy atom. The average molecular weight is 503 g/mol. The van der Waals surface area contributed by atoms with Gasteiger partial charge in [0.25, 0.3) is 0 Å². The smallest absolute Gasteiger partial charge is 0.245 e. The third-order valence-electron chi connectivity index (χ3n) is 4.44. The Labute approximate surface area is 188 Å². The molecule has 0 atom stereocenters. The Morgan fingerprint density at radius 2 is 1.84 bits per heavy atom. The molecule has 6 nitrogen and oxygen atoms in total. The fourth-order valence-corrected chi connectivity index (χ4v) is 4.42. The highest BCUT2D eigenvalue weighted by Crippen LogP contribution is 2.36. The Bertz CT molecular complexity index is 1420. The fraction of sp³-hybridized carbons (Fsp3) is 0.0526. The third-order valence-corrected chi connectivity index (χ3v) is 6.28. The number of thiazole rings is 1. The highest BCUT2D eigenvalue weighted by Gasteiger charge is 2.35. The largest absolute Gasteiger partial charge is 0.435 e. The Hall–Kier alpha value is -2.80. The van der Waals surface area contributed by atoms with Gasteiger partial charge in [-0.05, 0) is 24.3 Å². The molecule has 0 radical (unpaired) electrons. The van der Waals surface area contributed by atoms with Crippen molar-refractivity contribution >= 4 is 33.0 Å². The monoisotopic (exact) mass is 502 g/mol. The average Bonchev–Trinajstić information content (AvgIpc) is 3.36. The Kier molecular flexibility index (Phi) is 5.57. The van der Waals surface area contributed by atoms with E-state index in [9.17, 15) is 26.0 Å². The highest BCUT2D eigenvalue weighted by atomic mass is 35.5. The predicted octanol–water partition coefficient (Wildman–Crippen LogP) is 5.12. The van der Waals surface area contributed by atoms with Gasteiger partial charge >= 0.3 is 6.18 Å². The number of alkyl halides is 3. The molecule has 2 N–H and O–H groups in total. The molecule has 2 aromatic carbocycles. The van der Waals surface area contributed by atoms with E-state index in [2.05, 4.69) is 10.1 Å². The Balaban J connectivity index is 1.88. The van der Waals surface area contributed by atoms with Crippen molar-refractivity contribution in [1.82, 2.24) is 14.8 Å². The second kappa shape index (κ2) is 7.96. The van der Waals surface area contributed by atoms with Crippen LogP contribution in [0.3, 0.4) is 0 Å². The van der Waals surface area contributed by atoms with Crippen molar-refractivity contribution in [2.45, 2.75) is 11.1 Å². The van der Waals surface area contributed by atoms with Crippen molar-refractivity contribution in [2.24, 2.45) is 5.14 Å². The van der Waals surface area contributed by atoms with Crippen LogP contribution in [-0.4, -0.2) is 23.2 Å². The van der Waals surface area contributed by atoms with Crippen LogP contribution in [0.1, 0.15) is 5.69 Å². The molecule has 4 aromatic rings. The van der Waals surface area contributed by atoms with Crippen LogP contribution in [0.4, 0.5) is 17.6 Å². The maximum atomic E-state index is 14.3. The predicted molar refractivity (Wildman–Crippen MR) is 111 cm³/mol. The summed E-state index contributed by atoms with van der Waals surface area (Å²) in [4.78, 5) is 3.37. The topological polar surface area (TPSA) is 90.9 Å². The van der Waals surface area contributed by atoms with E-state index >= 15 is 0 Å². The molecule has 4 rings (SSSR count). The summed E-state index contributed by atoms with van der Waals surface area (Å²) in [7, 11) is -4.35. The zero-order valence-corrected chi connectivity index (χ0v) is 18.0. The second-order valence-electron chi connectivity index (χ2n) is 6.55. The van der Waals surface area contributed by atoms with Crippen LogP contribution in [0, 0.1) is 5.82 Å². The van der Waals surface area contributed by atoms with Crippen molar-refractivity contribution in [3.63, 3.8) is 0 Å². The number of sulfonamides is 1. The van der Waals surface area contributed by atoms with Gasteiger partial charge in [-0.1, -0.05) is 23.7 Å². The first-order chi connectivity index (χ1) is 14.9. The minimum atomic E-state index is -4.77. The highest BCUT2D eigenvalue weighted by molar-refractivity contribution is 7.89. The lowest BCUT2D eigenvalue weighted by Crippen LogP contribution is -2.14. The SMILES string of the molecule is NS(=O)(=O)c1ccc(-n2nc(C(F)(F)F)cc2-c2ccc(-c3cscn3)c(Cl)c2)cc1F. The number of nitrogens with zero attached hydrogens (tertiary/aromatic N) is 3. The van der Waals surface area contributed by atoms with Crippen LogP contribution in [0.15, 0.2) is 58.3 Å². The van der Waals surface area contributed by atoms with Crippen molar-refractivity contribution in [1.29, 1.82) is 0 Å². The molecule has 32 heavy (non-hydrogen) atoms. The van der Waals surface area contributed by atoms with Gasteiger partial charge in [0.05, 0.1) is 27.6 Å². The second-order valence-corrected chi connectivity index (χ2v) is 9.21. The van der Waals surface area contributed by atoms with Gasteiger partial charge in [0, 0.05) is 22.6 Å². The molecule has 2 aromatic heterocycles. The number of primary sulfonamides is 1. The van der Waals surface area contributed by atoms with Crippen LogP contribution in [-0.2, 0) is 16.2 Å². The summed E-state index contributed by atoms with van der Waals surface area (Å²) in [6, 6.07) is 8.06. The molecular formula is C19H11ClF4N4O2S2. The molecule has 166 valence electrons. The van der Waals surface area contributed by atoms with Crippen molar-refractivity contribution < 1.29 is 26.0 Å². The van der Waals surface area contributed by atoms with Gasteiger partial charge in [-0.15, -0.1) is 11.3 Å². The number of halogens is 5. The van der Waals surface area contributed by atoms with Gasteiger partial charge in [0.2, 0.25) is 10.0 Å². The van der Waals surface area contributed by atoms with E-state index in [-0.39, 0.29) is 22.0 Å². The summed E-state index contributed by atoms with van der Waals surface area (Å²) in [6.45, 7) is 0. The Morgan fingerprint density at radius 3 is 2.41 bits per heavy atom. The molecule has 0 amide bonds. The van der Waals surface area contributed by atoms with Crippen molar-refractivity contribution in [3.8, 4) is 28.2 Å². The van der Waals surface area contributed by atoms with Crippen LogP contribution < -0.4 is 5.14 Å². The molecule has 0 saturated carbocycles. The maximum absolute atomic E-state index is 14.3. The third kappa shape index (κ3) is 4.26. The summed E-state index contributed by atoms with van der Waals surface area (Å²) >= 11 is 7.69. The number of rotatable bonds is 4. The standard InChI is InChI=1S/C19H11ClF4N4O2S2/c20-13-5-10(1-3-12(13)15-8-31-9-26-15)16-7-18(19(22,23)24)27-28(16)11-2-4-17(14(21)6-11)32(25,29)30/h1-9H,(H2,25,29,30). The number of aromatic nitrogens is 3. The summed E-state index contributed by atoms with van der Waals surface area (Å²) in [5, 5.41) is 10.5. The van der Waals surface area contributed by atoms with Gasteiger partial charge in [0.15, 0.2) is 5.69 Å². The summed E-state index contributed by atoms with van der Waals surface area (Å²) in [6.07, 6.45) is -4.77. The first-order valence-electron chi connectivity index (χ1n) is 8.63. The van der Waals surface area contributed by atoms with Gasteiger partial charge in [-0.2, -0.15) is 18.3 Å². The van der Waals surface area contributed by atoms with Gasteiger partial charge < -0.3 is 0 Å². The summed E-state index contributed by atoms with van der Waals surface area (Å²) in [5.74, 6) is -1.23. The first kappa shape index (κ1) is 22.4. The normalized spacial score (nSPS) is 12.3. The van der Waals surface area contributed by atoms with Crippen LogP contribution >= 0.6 is 22.9 Å². The zero-order chi connectivity index (χ0) is 23.3. The summed E-state index contributed by atoms with van der Waals surface area (Å²) in [5.41, 5.74) is 1.69. The molecule has 13 heteroatoms. The number of hydrogen-bond acceptors (Lipinski definition) is 5. The van der Waals surface area contributed by atoms with Gasteiger partial charge in [0.1, 0.15) is 10.7 Å². The van der Waals surface area contributed by atoms with E-state index in [1.54, 1.807) is 17.0 Å². The van der Waals surface area contributed by atoms with E-state index in [0.29, 0.717) is 11.3 Å². The molecule has 0 unspecified atom stereocenters. The van der Waals surface area contributed by atoms with Crippen LogP contribution in [0.5, 0.6) is 0 Å². The molecule has 0 spiro atoms. The van der Waals surface area contributed by atoms with Crippen molar-refractivity contribution in [3.05, 3.63) is 69.9 Å². The lowest BCUT2D eigenvalue weighted by molar-refractivity contribution is -0.141. The quantitative estimate of drug-likeness (QED) is 0.392. The van der Waals surface area contributed by atoms with Crippen LogP contribution in [0.25, 0.3) is 28.2 Å². The lowest BCUT2D eigenvalue weighted by Gasteiger charge is -2.10. The number of hydrogen-bond donors (Lipinski definition) is 1. The van der Waals surface area contributed by atoms with E-state index in [1.807, 2.05) is 0 Å². The number of benzene rings is 2. The fourth-order valence-electron chi connectivity index (χ4n) is 3.00. The molecule has 0 aliphatic rings. The van der Waals surface area contributed by atoms with Crippen molar-refractivity contribution in [2.75, 3.05) is 0 Å². The molecule has 2 heterocycles. The molecule has 0 saturated heterocycles. The number of nitrogens with two attached hydrogens (primary N) is 1. The van der Waals surface area contributed by atoms with Gasteiger partial charge in [-0.3, -0.25) is 0 Å². The minimum Gasteiger partial charge on any atom is -0.245 e. The van der Waals surface area contributed by atoms with E-state index < -0.39 is 32.6 Å². The maximum Gasteiger partial charge on any atom is 0.435 e. The minimum absolute atomic E-state index is 0.0354. The van der Waals surface area contributed by atoms with E-state index in [4.69, 9.17) is 16.7 Å². The van der Waals surface area contributed by atoms with Gasteiger partial charge in [-0.25, -0.2) is 27.6 Å². The van der Waals surface area contributed by atoms with Crippen LogP contribution in [0.2, 0.25) is 5.02 Å². The molecule has 0 aliphatic carbocycles. The van der Waals surface area contributed by atoms with E-state index in [0.717, 1.165) is 28.9 Å². The molecule has 0 aliphatic heterocycles. The first-order valence-corrected chi connectivity index (χ1v) is 11.5.